The molecule has 2 saturated heterocycles. The van der Waals surface area contributed by atoms with Gasteiger partial charge in [-0.3, -0.25) is 14.6 Å². The Bertz CT molecular complexity index is 1930. The molecule has 2 amide bonds. The van der Waals surface area contributed by atoms with Crippen LogP contribution in [0.5, 0.6) is 0 Å². The minimum Gasteiger partial charge on any atom is -0.444 e. The molecule has 13 nitrogen and oxygen atoms in total. The molecule has 6 rings (SSSR count). The molecular weight excluding hydrogens is 690 g/mol. The minimum atomic E-state index is -3.42. The zero-order valence-corrected chi connectivity index (χ0v) is 32.4. The van der Waals surface area contributed by atoms with E-state index in [9.17, 15) is 22.4 Å². The maximum absolute atomic E-state index is 14.6. The van der Waals surface area contributed by atoms with Crippen LogP contribution in [0.4, 0.5) is 14.9 Å². The van der Waals surface area contributed by atoms with Gasteiger partial charge in [0.25, 0.3) is 0 Å². The van der Waals surface area contributed by atoms with Gasteiger partial charge in [0.1, 0.15) is 17.2 Å². The van der Waals surface area contributed by atoms with Gasteiger partial charge in [-0.1, -0.05) is 26.0 Å². The standard InChI is InChI=1S/C37H52FN7O6S/c1-24-17-42(29(18-41-13-14-50-21-25(41)2)19-43(24)35(47)51-36(3,4)5)20-32(46)44-23-37(6,7)33-30(44)16-27(15-26-9-11-28(38)12-10-26)34-39-31(40-45(33)34)22-52(8,48)49/h9-12,16,24-25,29H,13-15,17-23H2,1-8H3/t24-,25-,29+/m1/s1. The van der Waals surface area contributed by atoms with Crippen LogP contribution in [0.15, 0.2) is 30.3 Å². The van der Waals surface area contributed by atoms with Crippen molar-refractivity contribution in [3.05, 3.63) is 58.8 Å². The van der Waals surface area contributed by atoms with E-state index in [0.29, 0.717) is 57.1 Å². The summed E-state index contributed by atoms with van der Waals surface area (Å²) >= 11 is 0. The fourth-order valence-corrected chi connectivity index (χ4v) is 8.20. The lowest BCUT2D eigenvalue weighted by Gasteiger charge is -2.47. The number of hydrogen-bond acceptors (Lipinski definition) is 10. The summed E-state index contributed by atoms with van der Waals surface area (Å²) in [7, 11) is -3.42. The molecule has 0 spiro atoms. The van der Waals surface area contributed by atoms with Crippen molar-refractivity contribution in [2.24, 2.45) is 0 Å². The van der Waals surface area contributed by atoms with Gasteiger partial charge in [0.05, 0.1) is 31.1 Å². The van der Waals surface area contributed by atoms with Crippen LogP contribution in [-0.4, -0.2) is 132 Å². The van der Waals surface area contributed by atoms with Crippen LogP contribution >= 0.6 is 0 Å². The SMILES string of the molecule is C[C@@H]1COCCN1C[C@H]1CN(C(=O)OC(C)(C)C)[C@H](C)CN1CC(=O)N1CC(C)(C)c2c1cc(Cc1ccc(F)cc1)c1nc(CS(C)(=O)=O)nn21. The molecular formula is C37H52FN7O6S. The number of fused-ring (bicyclic) bond motifs is 3. The van der Waals surface area contributed by atoms with Crippen LogP contribution in [0.3, 0.4) is 0 Å². The van der Waals surface area contributed by atoms with E-state index in [2.05, 4.69) is 26.8 Å². The Labute approximate surface area is 306 Å². The number of halogens is 1. The van der Waals surface area contributed by atoms with Gasteiger partial charge in [0.2, 0.25) is 5.91 Å². The Balaban J connectivity index is 1.34. The lowest BCUT2D eigenvalue weighted by Crippen LogP contribution is -2.64. The lowest BCUT2D eigenvalue weighted by atomic mass is 9.90. The highest BCUT2D eigenvalue weighted by Crippen LogP contribution is 2.42. The molecule has 0 radical (unpaired) electrons. The number of carbonyl (C=O) groups is 2. The third kappa shape index (κ3) is 8.42. The Morgan fingerprint density at radius 1 is 1.08 bits per heavy atom. The monoisotopic (exact) mass is 741 g/mol. The highest BCUT2D eigenvalue weighted by atomic mass is 32.2. The first-order valence-electron chi connectivity index (χ1n) is 18.0. The number of benzene rings is 1. The fourth-order valence-electron chi connectivity index (χ4n) is 7.60. The molecule has 0 aliphatic carbocycles. The second kappa shape index (κ2) is 14.3. The number of rotatable bonds is 8. The van der Waals surface area contributed by atoms with Gasteiger partial charge in [-0.25, -0.2) is 27.1 Å². The summed E-state index contributed by atoms with van der Waals surface area (Å²) in [4.78, 5) is 40.8. The number of piperazine rings is 1. The quantitative estimate of drug-likeness (QED) is 0.338. The normalized spacial score (nSPS) is 22.9. The molecule has 284 valence electrons. The first-order valence-corrected chi connectivity index (χ1v) is 20.0. The van der Waals surface area contributed by atoms with E-state index in [0.717, 1.165) is 29.6 Å². The van der Waals surface area contributed by atoms with Crippen molar-refractivity contribution in [1.82, 2.24) is 29.3 Å². The van der Waals surface area contributed by atoms with Crippen molar-refractivity contribution in [3.8, 4) is 0 Å². The molecule has 0 bridgehead atoms. The molecule has 5 heterocycles. The predicted molar refractivity (Wildman–Crippen MR) is 196 cm³/mol. The molecule has 2 fully saturated rings. The summed E-state index contributed by atoms with van der Waals surface area (Å²) < 4.78 is 51.5. The van der Waals surface area contributed by atoms with Gasteiger partial charge in [-0.05, 0) is 58.4 Å². The van der Waals surface area contributed by atoms with Gasteiger partial charge < -0.3 is 19.3 Å². The predicted octanol–water partition coefficient (Wildman–Crippen LogP) is 3.66. The van der Waals surface area contributed by atoms with Gasteiger partial charge in [0, 0.05) is 74.5 Å². The third-order valence-electron chi connectivity index (χ3n) is 10.1. The Kier molecular flexibility index (Phi) is 10.5. The van der Waals surface area contributed by atoms with Crippen LogP contribution in [-0.2, 0) is 41.7 Å². The van der Waals surface area contributed by atoms with Crippen LogP contribution < -0.4 is 4.90 Å². The summed E-state index contributed by atoms with van der Waals surface area (Å²) in [6.45, 7) is 17.9. The summed E-state index contributed by atoms with van der Waals surface area (Å²) in [5, 5.41) is 4.69. The molecule has 0 saturated carbocycles. The van der Waals surface area contributed by atoms with E-state index in [-0.39, 0.29) is 54.1 Å². The number of sulfone groups is 1. The number of nitrogens with zero attached hydrogens (tertiary/aromatic N) is 7. The zero-order valence-electron chi connectivity index (χ0n) is 31.6. The molecule has 3 atom stereocenters. The highest BCUT2D eigenvalue weighted by Gasteiger charge is 2.44. The molecule has 15 heteroatoms. The first-order chi connectivity index (χ1) is 24.3. The van der Waals surface area contributed by atoms with Gasteiger partial charge in [0.15, 0.2) is 21.3 Å². The molecule has 0 unspecified atom stereocenters. The minimum absolute atomic E-state index is 0.0895. The van der Waals surface area contributed by atoms with Gasteiger partial charge in [-0.15, -0.1) is 5.10 Å². The topological polar surface area (TPSA) is 130 Å². The number of carbonyl (C=O) groups excluding carboxylic acids is 2. The van der Waals surface area contributed by atoms with Gasteiger partial charge >= 0.3 is 6.09 Å². The highest BCUT2D eigenvalue weighted by molar-refractivity contribution is 7.89. The number of anilines is 1. The van der Waals surface area contributed by atoms with Crippen LogP contribution in [0.1, 0.15) is 71.1 Å². The summed E-state index contributed by atoms with van der Waals surface area (Å²) in [5.74, 6) is -0.580. The Morgan fingerprint density at radius 3 is 2.44 bits per heavy atom. The maximum Gasteiger partial charge on any atom is 0.410 e. The van der Waals surface area contributed by atoms with Crippen molar-refractivity contribution in [3.63, 3.8) is 0 Å². The zero-order chi connectivity index (χ0) is 37.7. The summed E-state index contributed by atoms with van der Waals surface area (Å²) in [5.41, 5.74) is 2.37. The van der Waals surface area contributed by atoms with E-state index in [1.54, 1.807) is 26.4 Å². The van der Waals surface area contributed by atoms with E-state index < -0.39 is 20.9 Å². The maximum atomic E-state index is 14.6. The smallest absolute Gasteiger partial charge is 0.410 e. The third-order valence-corrected chi connectivity index (χ3v) is 10.8. The lowest BCUT2D eigenvalue weighted by molar-refractivity contribution is -0.121. The first kappa shape index (κ1) is 38.1. The number of pyridine rings is 1. The Morgan fingerprint density at radius 2 is 1.79 bits per heavy atom. The molecule has 0 N–H and O–H groups in total. The molecule has 3 aliphatic heterocycles. The van der Waals surface area contributed by atoms with Crippen LogP contribution in [0.2, 0.25) is 0 Å². The average Bonchev–Trinajstić information content (AvgIpc) is 3.55. The second-order valence-electron chi connectivity index (χ2n) is 16.4. The number of ether oxygens (including phenoxy) is 2. The van der Waals surface area contributed by atoms with E-state index in [1.165, 1.54) is 12.1 Å². The molecule has 3 aromatic rings. The Hall–Kier alpha value is -3.66. The molecule has 3 aliphatic rings. The number of hydrogen-bond donors (Lipinski definition) is 0. The molecule has 2 aromatic heterocycles. The van der Waals surface area contributed by atoms with E-state index >= 15 is 0 Å². The van der Waals surface area contributed by atoms with Gasteiger partial charge in [-0.2, -0.15) is 0 Å². The fraction of sp³-hybridized carbons (Fsp3) is 0.622. The molecule has 52 heavy (non-hydrogen) atoms. The van der Waals surface area contributed by atoms with Crippen molar-refractivity contribution in [2.75, 3.05) is 63.6 Å². The average molecular weight is 742 g/mol. The number of morpholine rings is 1. The summed E-state index contributed by atoms with van der Waals surface area (Å²) in [6, 6.07) is 8.03. The molecule has 1 aromatic carbocycles. The van der Waals surface area contributed by atoms with Crippen LogP contribution in [0, 0.1) is 5.82 Å². The van der Waals surface area contributed by atoms with Crippen molar-refractivity contribution >= 4 is 33.2 Å². The largest absolute Gasteiger partial charge is 0.444 e. The summed E-state index contributed by atoms with van der Waals surface area (Å²) in [6.07, 6.45) is 1.16. The second-order valence-corrected chi connectivity index (χ2v) is 18.5. The van der Waals surface area contributed by atoms with Crippen molar-refractivity contribution in [1.29, 1.82) is 0 Å². The van der Waals surface area contributed by atoms with Crippen molar-refractivity contribution < 1.29 is 31.9 Å². The van der Waals surface area contributed by atoms with E-state index in [1.807, 2.05) is 47.6 Å². The van der Waals surface area contributed by atoms with Crippen LogP contribution in [0.25, 0.3) is 5.65 Å². The number of amides is 2. The number of aromatic nitrogens is 3. The van der Waals surface area contributed by atoms with E-state index in [4.69, 9.17) is 9.47 Å². The van der Waals surface area contributed by atoms with Crippen molar-refractivity contribution in [2.45, 2.75) is 89.8 Å².